The van der Waals surface area contributed by atoms with E-state index in [0.717, 1.165) is 24.6 Å². The fraction of sp³-hybridized carbons (Fsp3) is 0.500. The molecule has 6 heteroatoms. The molecule has 1 atom stereocenters. The van der Waals surface area contributed by atoms with Crippen LogP contribution in [0.2, 0.25) is 0 Å². The van der Waals surface area contributed by atoms with Gasteiger partial charge in [-0.15, -0.1) is 12.3 Å². The zero-order chi connectivity index (χ0) is 21.3. The third-order valence-corrected chi connectivity index (χ3v) is 5.43. The quantitative estimate of drug-likeness (QED) is 0.492. The van der Waals surface area contributed by atoms with Crippen molar-refractivity contribution in [3.8, 4) is 18.1 Å². The van der Waals surface area contributed by atoms with E-state index in [9.17, 15) is 4.79 Å². The van der Waals surface area contributed by atoms with E-state index in [1.54, 1.807) is 6.92 Å². The molecule has 3 rings (SSSR count). The summed E-state index contributed by atoms with van der Waals surface area (Å²) in [6.45, 7) is 8.72. The first kappa shape index (κ1) is 21.9. The van der Waals surface area contributed by atoms with Gasteiger partial charge >= 0.3 is 0 Å². The number of aromatic nitrogens is 2. The number of benzene rings is 1. The van der Waals surface area contributed by atoms with Crippen LogP contribution in [-0.4, -0.2) is 41.1 Å². The highest BCUT2D eigenvalue weighted by molar-refractivity contribution is 5.31. The van der Waals surface area contributed by atoms with E-state index in [1.807, 2.05) is 6.07 Å². The van der Waals surface area contributed by atoms with Crippen LogP contribution in [-0.2, 0) is 13.0 Å². The summed E-state index contributed by atoms with van der Waals surface area (Å²) in [4.78, 5) is 21.7. The first-order chi connectivity index (χ1) is 14.5. The predicted octanol–water partition coefficient (Wildman–Crippen LogP) is 3.37. The van der Waals surface area contributed by atoms with Gasteiger partial charge in [0.15, 0.2) is 0 Å². The van der Waals surface area contributed by atoms with Crippen LogP contribution in [0.5, 0.6) is 5.75 Å². The molecular weight excluding hydrogens is 376 g/mol. The molecule has 6 nitrogen and oxygen atoms in total. The van der Waals surface area contributed by atoms with E-state index in [1.165, 1.54) is 31.5 Å². The molecule has 0 spiro atoms. The van der Waals surface area contributed by atoms with E-state index >= 15 is 0 Å². The predicted molar refractivity (Wildman–Crippen MR) is 121 cm³/mol. The van der Waals surface area contributed by atoms with E-state index < -0.39 is 0 Å². The van der Waals surface area contributed by atoms with Gasteiger partial charge in [-0.2, -0.15) is 0 Å². The highest BCUT2D eigenvalue weighted by atomic mass is 16.5. The Morgan fingerprint density at radius 1 is 1.43 bits per heavy atom. The number of terminal acetylenes is 1. The molecule has 0 amide bonds. The second kappa shape index (κ2) is 10.8. The summed E-state index contributed by atoms with van der Waals surface area (Å²) >= 11 is 0. The maximum Gasteiger partial charge on any atom is 0.256 e. The summed E-state index contributed by atoms with van der Waals surface area (Å²) < 4.78 is 5.92. The molecule has 160 valence electrons. The smallest absolute Gasteiger partial charge is 0.256 e. The van der Waals surface area contributed by atoms with E-state index in [-0.39, 0.29) is 12.0 Å². The molecule has 0 bridgehead atoms. The van der Waals surface area contributed by atoms with Gasteiger partial charge in [-0.25, -0.2) is 4.98 Å². The number of nitrogens with zero attached hydrogens (tertiary/aromatic N) is 2. The lowest BCUT2D eigenvalue weighted by Crippen LogP contribution is -2.33. The highest BCUT2D eigenvalue weighted by Gasteiger charge is 2.16. The summed E-state index contributed by atoms with van der Waals surface area (Å²) in [6, 6.07) is 8.37. The van der Waals surface area contributed by atoms with Crippen molar-refractivity contribution in [2.45, 2.75) is 46.1 Å². The number of H-pyrrole nitrogens is 1. The van der Waals surface area contributed by atoms with Crippen LogP contribution in [0.4, 0.5) is 5.95 Å². The molecule has 2 heterocycles. The average molecular weight is 409 g/mol. The lowest BCUT2D eigenvalue weighted by Gasteiger charge is -2.30. The van der Waals surface area contributed by atoms with Crippen LogP contribution in [0.25, 0.3) is 0 Å². The topological polar surface area (TPSA) is 70.2 Å². The Morgan fingerprint density at radius 3 is 3.07 bits per heavy atom. The van der Waals surface area contributed by atoms with Crippen molar-refractivity contribution >= 4 is 5.95 Å². The molecule has 1 aromatic carbocycles. The van der Waals surface area contributed by atoms with Crippen molar-refractivity contribution in [2.75, 3.05) is 31.6 Å². The molecule has 0 aliphatic carbocycles. The second-order valence-corrected chi connectivity index (χ2v) is 8.12. The van der Waals surface area contributed by atoms with Gasteiger partial charge in [0.2, 0.25) is 5.95 Å². The number of piperidine rings is 1. The summed E-state index contributed by atoms with van der Waals surface area (Å²) in [5.41, 5.74) is 2.32. The number of aromatic amines is 1. The molecule has 1 fully saturated rings. The lowest BCUT2D eigenvalue weighted by atomic mass is 10.00. The number of hydrogen-bond donors (Lipinski definition) is 2. The molecular formula is C24H32N4O2. The number of aryl methyl sites for hydroxylation is 1. The molecule has 1 unspecified atom stereocenters. The van der Waals surface area contributed by atoms with Gasteiger partial charge in [-0.3, -0.25) is 14.7 Å². The first-order valence-electron chi connectivity index (χ1n) is 10.8. The Hall–Kier alpha value is -2.78. The zero-order valence-electron chi connectivity index (χ0n) is 18.0. The van der Waals surface area contributed by atoms with Gasteiger partial charge in [0.25, 0.3) is 5.56 Å². The van der Waals surface area contributed by atoms with Crippen LogP contribution in [0, 0.1) is 25.2 Å². The largest absolute Gasteiger partial charge is 0.494 e. The molecule has 0 saturated carbocycles. The van der Waals surface area contributed by atoms with Crippen molar-refractivity contribution in [3.63, 3.8) is 0 Å². The Balaban J connectivity index is 1.43. The normalized spacial score (nSPS) is 16.8. The monoisotopic (exact) mass is 408 g/mol. The SMILES string of the molecule is C#CCc1c(C)nc(NCCCOc2cccc(CN3CCCC(C)C3)c2)[nH]c1=O. The Labute approximate surface area is 179 Å². The van der Waals surface area contributed by atoms with E-state index in [4.69, 9.17) is 11.2 Å². The standard InChI is InChI=1S/C24H32N4O2/c1-4-8-22-19(3)26-24(27-23(22)29)25-12-7-14-30-21-11-5-10-20(15-21)17-28-13-6-9-18(2)16-28/h1,5,10-11,15,18H,6-9,12-14,16-17H2,2-3H3,(H2,25,26,27,29). The van der Waals surface area contributed by atoms with Crippen molar-refractivity contribution in [2.24, 2.45) is 5.92 Å². The minimum absolute atomic E-state index is 0.181. The summed E-state index contributed by atoms with van der Waals surface area (Å²) in [6.07, 6.45) is 9.01. The summed E-state index contributed by atoms with van der Waals surface area (Å²) in [5, 5.41) is 3.15. The van der Waals surface area contributed by atoms with E-state index in [0.29, 0.717) is 30.4 Å². The fourth-order valence-corrected chi connectivity index (χ4v) is 3.90. The van der Waals surface area contributed by atoms with Crippen LogP contribution < -0.4 is 15.6 Å². The molecule has 1 aliphatic heterocycles. The molecule has 30 heavy (non-hydrogen) atoms. The number of anilines is 1. The first-order valence-corrected chi connectivity index (χ1v) is 10.8. The van der Waals surface area contributed by atoms with Gasteiger partial charge in [0.05, 0.1) is 17.9 Å². The van der Waals surface area contributed by atoms with Gasteiger partial charge in [-0.1, -0.05) is 19.1 Å². The molecule has 1 aromatic heterocycles. The third-order valence-electron chi connectivity index (χ3n) is 5.43. The average Bonchev–Trinajstić information content (AvgIpc) is 2.71. The maximum absolute atomic E-state index is 12.1. The third kappa shape index (κ3) is 6.36. The van der Waals surface area contributed by atoms with Crippen LogP contribution in [0.1, 0.15) is 43.0 Å². The maximum atomic E-state index is 12.1. The number of nitrogens with one attached hydrogen (secondary N) is 2. The molecule has 0 radical (unpaired) electrons. The highest BCUT2D eigenvalue weighted by Crippen LogP contribution is 2.20. The molecule has 2 N–H and O–H groups in total. The fourth-order valence-electron chi connectivity index (χ4n) is 3.90. The number of hydrogen-bond acceptors (Lipinski definition) is 5. The summed E-state index contributed by atoms with van der Waals surface area (Å²) in [7, 11) is 0. The Kier molecular flexibility index (Phi) is 7.92. The Morgan fingerprint density at radius 2 is 2.30 bits per heavy atom. The minimum atomic E-state index is -0.181. The van der Waals surface area contributed by atoms with E-state index in [2.05, 4.69) is 51.2 Å². The summed E-state index contributed by atoms with van der Waals surface area (Å²) in [5.74, 6) is 4.64. The second-order valence-electron chi connectivity index (χ2n) is 8.12. The van der Waals surface area contributed by atoms with Crippen LogP contribution in [0.15, 0.2) is 29.1 Å². The van der Waals surface area contributed by atoms with Gasteiger partial charge in [0, 0.05) is 26.1 Å². The number of ether oxygens (including phenoxy) is 1. The van der Waals surface area contributed by atoms with Crippen molar-refractivity contribution < 1.29 is 4.74 Å². The number of rotatable bonds is 9. The van der Waals surface area contributed by atoms with Crippen molar-refractivity contribution in [1.29, 1.82) is 0 Å². The molecule has 1 aliphatic rings. The molecule has 2 aromatic rings. The Bertz CT molecular complexity index is 932. The minimum Gasteiger partial charge on any atom is -0.494 e. The van der Waals surface area contributed by atoms with Crippen molar-refractivity contribution in [3.05, 3.63) is 51.4 Å². The van der Waals surface area contributed by atoms with Gasteiger partial charge in [0.1, 0.15) is 5.75 Å². The van der Waals surface area contributed by atoms with Gasteiger partial charge < -0.3 is 10.1 Å². The zero-order valence-corrected chi connectivity index (χ0v) is 18.0. The van der Waals surface area contributed by atoms with Gasteiger partial charge in [-0.05, 0) is 56.3 Å². The molecule has 1 saturated heterocycles. The number of likely N-dealkylation sites (tertiary alicyclic amines) is 1. The lowest BCUT2D eigenvalue weighted by molar-refractivity contribution is 0.176. The van der Waals surface area contributed by atoms with Crippen LogP contribution >= 0.6 is 0 Å². The van der Waals surface area contributed by atoms with Crippen LogP contribution in [0.3, 0.4) is 0 Å². The van der Waals surface area contributed by atoms with Crippen molar-refractivity contribution in [1.82, 2.24) is 14.9 Å².